The second-order valence-electron chi connectivity index (χ2n) is 5.00. The van der Waals surface area contributed by atoms with E-state index in [1.165, 1.54) is 12.1 Å². The van der Waals surface area contributed by atoms with Gasteiger partial charge in [0.25, 0.3) is 0 Å². The van der Waals surface area contributed by atoms with Gasteiger partial charge in [-0.1, -0.05) is 26.7 Å². The van der Waals surface area contributed by atoms with E-state index in [1.54, 1.807) is 0 Å². The molecule has 0 saturated carbocycles. The van der Waals surface area contributed by atoms with Gasteiger partial charge in [-0.05, 0) is 30.5 Å². The lowest BCUT2D eigenvalue weighted by Gasteiger charge is -2.09. The molecule has 0 unspecified atom stereocenters. The summed E-state index contributed by atoms with van der Waals surface area (Å²) in [6.45, 7) is 5.00. The van der Waals surface area contributed by atoms with Crippen molar-refractivity contribution in [3.8, 4) is 0 Å². The van der Waals surface area contributed by atoms with Crippen molar-refractivity contribution in [1.82, 2.24) is 0 Å². The van der Waals surface area contributed by atoms with Crippen LogP contribution in [0.3, 0.4) is 0 Å². The summed E-state index contributed by atoms with van der Waals surface area (Å²) in [5.41, 5.74) is 0.303. The summed E-state index contributed by atoms with van der Waals surface area (Å²) in [5, 5.41) is 7.88. The van der Waals surface area contributed by atoms with Gasteiger partial charge in [-0.2, -0.15) is 0 Å². The first kappa shape index (κ1) is 15.9. The Kier molecular flexibility index (Phi) is 5.75. The van der Waals surface area contributed by atoms with Gasteiger partial charge in [0.05, 0.1) is 10.6 Å². The van der Waals surface area contributed by atoms with Gasteiger partial charge >= 0.3 is 0 Å². The van der Waals surface area contributed by atoms with Crippen LogP contribution in [-0.4, -0.2) is 15.0 Å². The highest BCUT2D eigenvalue weighted by Gasteiger charge is 2.11. The predicted molar refractivity (Wildman–Crippen MR) is 75.0 cm³/mol. The topological polar surface area (TPSA) is 72.2 Å². The van der Waals surface area contributed by atoms with Crippen molar-refractivity contribution in [3.05, 3.63) is 24.0 Å². The van der Waals surface area contributed by atoms with Crippen molar-refractivity contribution in [1.29, 1.82) is 0 Å². The Hall–Kier alpha value is -1.14. The molecule has 0 saturated heterocycles. The number of primary sulfonamides is 1. The summed E-state index contributed by atoms with van der Waals surface area (Å²) in [7, 11) is -3.85. The average molecular weight is 288 g/mol. The molecule has 3 N–H and O–H groups in total. The summed E-state index contributed by atoms with van der Waals surface area (Å²) < 4.78 is 35.7. The summed E-state index contributed by atoms with van der Waals surface area (Å²) in [6.07, 6.45) is 3.19. The normalized spacial score (nSPS) is 11.8. The van der Waals surface area contributed by atoms with Crippen LogP contribution in [0.1, 0.15) is 33.1 Å². The Bertz CT molecular complexity index is 515. The Morgan fingerprint density at radius 3 is 2.53 bits per heavy atom. The van der Waals surface area contributed by atoms with E-state index in [4.69, 9.17) is 5.14 Å². The smallest absolute Gasteiger partial charge is 0.238 e. The quantitative estimate of drug-likeness (QED) is 0.758. The SMILES string of the molecule is CC(C)CCCCNc1ccc(S(N)(=O)=O)cc1F. The fourth-order valence-electron chi connectivity index (χ4n) is 1.72. The summed E-state index contributed by atoms with van der Waals surface area (Å²) in [4.78, 5) is -0.213. The zero-order valence-corrected chi connectivity index (χ0v) is 12.1. The maximum Gasteiger partial charge on any atom is 0.238 e. The van der Waals surface area contributed by atoms with Gasteiger partial charge in [0.2, 0.25) is 10.0 Å². The number of unbranched alkanes of at least 4 members (excludes halogenated alkanes) is 1. The molecule has 1 aromatic rings. The number of benzene rings is 1. The van der Waals surface area contributed by atoms with Gasteiger partial charge in [-0.25, -0.2) is 17.9 Å². The van der Waals surface area contributed by atoms with E-state index >= 15 is 0 Å². The monoisotopic (exact) mass is 288 g/mol. The second kappa shape index (κ2) is 6.86. The molecule has 108 valence electrons. The molecule has 0 spiro atoms. The van der Waals surface area contributed by atoms with Gasteiger partial charge in [-0.15, -0.1) is 0 Å². The first-order chi connectivity index (χ1) is 8.80. The zero-order chi connectivity index (χ0) is 14.5. The Morgan fingerprint density at radius 1 is 1.32 bits per heavy atom. The van der Waals surface area contributed by atoms with Gasteiger partial charge in [0.1, 0.15) is 5.82 Å². The predicted octanol–water partition coefficient (Wildman–Crippen LogP) is 2.71. The van der Waals surface area contributed by atoms with E-state index in [9.17, 15) is 12.8 Å². The molecular formula is C13H21FN2O2S. The minimum absolute atomic E-state index is 0.213. The van der Waals surface area contributed by atoms with E-state index in [1.807, 2.05) is 0 Å². The molecule has 0 heterocycles. The van der Waals surface area contributed by atoms with Crippen molar-refractivity contribution < 1.29 is 12.8 Å². The minimum Gasteiger partial charge on any atom is -0.383 e. The van der Waals surface area contributed by atoms with Crippen LogP contribution in [0, 0.1) is 11.7 Å². The second-order valence-corrected chi connectivity index (χ2v) is 6.56. The minimum atomic E-state index is -3.85. The van der Waals surface area contributed by atoms with Crippen LogP contribution in [0.4, 0.5) is 10.1 Å². The summed E-state index contributed by atoms with van der Waals surface area (Å²) >= 11 is 0. The molecule has 0 aliphatic rings. The largest absolute Gasteiger partial charge is 0.383 e. The molecule has 0 radical (unpaired) electrons. The lowest BCUT2D eigenvalue weighted by atomic mass is 10.1. The van der Waals surface area contributed by atoms with Crippen molar-refractivity contribution in [2.75, 3.05) is 11.9 Å². The van der Waals surface area contributed by atoms with Crippen molar-refractivity contribution >= 4 is 15.7 Å². The molecular weight excluding hydrogens is 267 g/mol. The Balaban J connectivity index is 2.52. The molecule has 6 heteroatoms. The van der Waals surface area contributed by atoms with Crippen molar-refractivity contribution in [2.45, 2.75) is 38.0 Å². The molecule has 0 bridgehead atoms. The number of sulfonamides is 1. The zero-order valence-electron chi connectivity index (χ0n) is 11.3. The van der Waals surface area contributed by atoms with E-state index in [2.05, 4.69) is 19.2 Å². The van der Waals surface area contributed by atoms with Crippen LogP contribution in [0.2, 0.25) is 0 Å². The van der Waals surface area contributed by atoms with Crippen molar-refractivity contribution in [2.24, 2.45) is 11.1 Å². The molecule has 0 amide bonds. The fourth-order valence-corrected chi connectivity index (χ4v) is 2.24. The first-order valence-corrected chi connectivity index (χ1v) is 7.91. The number of nitrogens with one attached hydrogen (secondary N) is 1. The number of rotatable bonds is 7. The average Bonchev–Trinajstić information content (AvgIpc) is 2.28. The standard InChI is InChI=1S/C13H21FN2O2S/c1-10(2)5-3-4-8-16-13-7-6-11(9-12(13)14)19(15,17)18/h6-7,9-10,16H,3-5,8H2,1-2H3,(H2,15,17,18). The highest BCUT2D eigenvalue weighted by molar-refractivity contribution is 7.89. The highest BCUT2D eigenvalue weighted by atomic mass is 32.2. The van der Waals surface area contributed by atoms with Crippen LogP contribution >= 0.6 is 0 Å². The molecule has 0 atom stereocenters. The van der Waals surface area contributed by atoms with Gasteiger partial charge in [0, 0.05) is 6.54 Å². The highest BCUT2D eigenvalue weighted by Crippen LogP contribution is 2.18. The number of nitrogens with two attached hydrogens (primary N) is 1. The number of hydrogen-bond acceptors (Lipinski definition) is 3. The third kappa shape index (κ3) is 5.57. The fraction of sp³-hybridized carbons (Fsp3) is 0.538. The molecule has 4 nitrogen and oxygen atoms in total. The van der Waals surface area contributed by atoms with E-state index in [0.717, 1.165) is 25.3 Å². The van der Waals surface area contributed by atoms with Gasteiger partial charge in [-0.3, -0.25) is 0 Å². The first-order valence-electron chi connectivity index (χ1n) is 6.37. The van der Waals surface area contributed by atoms with Crippen LogP contribution in [-0.2, 0) is 10.0 Å². The van der Waals surface area contributed by atoms with Crippen LogP contribution in [0.5, 0.6) is 0 Å². The number of halogens is 1. The lowest BCUT2D eigenvalue weighted by molar-refractivity contribution is 0.544. The third-order valence-electron chi connectivity index (χ3n) is 2.79. The van der Waals surface area contributed by atoms with E-state index in [-0.39, 0.29) is 4.90 Å². The van der Waals surface area contributed by atoms with E-state index < -0.39 is 15.8 Å². The summed E-state index contributed by atoms with van der Waals surface area (Å²) in [6, 6.07) is 3.64. The maximum absolute atomic E-state index is 13.6. The van der Waals surface area contributed by atoms with Crippen molar-refractivity contribution in [3.63, 3.8) is 0 Å². The molecule has 1 aromatic carbocycles. The molecule has 19 heavy (non-hydrogen) atoms. The van der Waals surface area contributed by atoms with Crippen LogP contribution < -0.4 is 10.5 Å². The maximum atomic E-state index is 13.6. The van der Waals surface area contributed by atoms with E-state index in [0.29, 0.717) is 18.2 Å². The lowest BCUT2D eigenvalue weighted by Crippen LogP contribution is -2.13. The molecule has 0 aliphatic heterocycles. The molecule has 0 fully saturated rings. The van der Waals surface area contributed by atoms with Crippen LogP contribution in [0.15, 0.2) is 23.1 Å². The summed E-state index contributed by atoms with van der Waals surface area (Å²) in [5.74, 6) is 0.0705. The third-order valence-corrected chi connectivity index (χ3v) is 3.70. The Labute approximate surface area is 114 Å². The number of hydrogen-bond donors (Lipinski definition) is 2. The van der Waals surface area contributed by atoms with Crippen LogP contribution in [0.25, 0.3) is 0 Å². The molecule has 0 aromatic heterocycles. The van der Waals surface area contributed by atoms with Gasteiger partial charge in [0.15, 0.2) is 0 Å². The molecule has 1 rings (SSSR count). The van der Waals surface area contributed by atoms with Gasteiger partial charge < -0.3 is 5.32 Å². The number of anilines is 1. The molecule has 0 aliphatic carbocycles. The Morgan fingerprint density at radius 2 is 2.00 bits per heavy atom.